The molecular weight excluding hydrogens is 492 g/mol. The SMILES string of the molecule is NCc1cccc(NC(=O)CN2CCCCC(NC(=O)c3ccc(Oc4ccc(Cl)cc4)cc3)C2=O)c1. The van der Waals surface area contributed by atoms with Crippen molar-refractivity contribution in [1.29, 1.82) is 0 Å². The summed E-state index contributed by atoms with van der Waals surface area (Å²) in [6.45, 7) is 0.737. The first-order chi connectivity index (χ1) is 17.9. The van der Waals surface area contributed by atoms with Gasteiger partial charge in [-0.3, -0.25) is 14.4 Å². The Morgan fingerprint density at radius 1 is 1.00 bits per heavy atom. The molecule has 1 fully saturated rings. The third-order valence-corrected chi connectivity index (χ3v) is 6.28. The van der Waals surface area contributed by atoms with Crippen molar-refractivity contribution in [2.45, 2.75) is 31.8 Å². The van der Waals surface area contributed by atoms with Crippen LogP contribution in [0.4, 0.5) is 5.69 Å². The summed E-state index contributed by atoms with van der Waals surface area (Å²) in [5, 5.41) is 6.27. The van der Waals surface area contributed by atoms with Crippen molar-refractivity contribution in [2.75, 3.05) is 18.4 Å². The van der Waals surface area contributed by atoms with Crippen LogP contribution < -0.4 is 21.1 Å². The topological polar surface area (TPSA) is 114 Å². The van der Waals surface area contributed by atoms with Gasteiger partial charge in [-0.15, -0.1) is 0 Å². The number of carbonyl (C=O) groups is 3. The van der Waals surface area contributed by atoms with Crippen molar-refractivity contribution in [3.63, 3.8) is 0 Å². The molecule has 0 spiro atoms. The maximum atomic E-state index is 13.2. The number of benzene rings is 3. The van der Waals surface area contributed by atoms with Crippen LogP contribution in [0.3, 0.4) is 0 Å². The molecule has 1 aliphatic rings. The van der Waals surface area contributed by atoms with Gasteiger partial charge < -0.3 is 26.0 Å². The van der Waals surface area contributed by atoms with Crippen LogP contribution >= 0.6 is 11.6 Å². The van der Waals surface area contributed by atoms with Gasteiger partial charge in [0.1, 0.15) is 17.5 Å². The lowest BCUT2D eigenvalue weighted by atomic mass is 10.1. The van der Waals surface area contributed by atoms with E-state index in [-0.39, 0.29) is 24.3 Å². The molecule has 1 saturated heterocycles. The predicted octanol–water partition coefficient (Wildman–Crippen LogP) is 4.34. The third-order valence-electron chi connectivity index (χ3n) is 6.03. The number of nitrogens with zero attached hydrogens (tertiary/aromatic N) is 1. The van der Waals surface area contributed by atoms with Gasteiger partial charge >= 0.3 is 0 Å². The molecule has 1 atom stereocenters. The van der Waals surface area contributed by atoms with Gasteiger partial charge in [-0.05, 0) is 85.5 Å². The van der Waals surface area contributed by atoms with E-state index in [9.17, 15) is 14.4 Å². The van der Waals surface area contributed by atoms with Crippen molar-refractivity contribution in [1.82, 2.24) is 10.2 Å². The Kier molecular flexibility index (Phi) is 8.77. The van der Waals surface area contributed by atoms with Crippen molar-refractivity contribution >= 4 is 35.0 Å². The summed E-state index contributed by atoms with van der Waals surface area (Å²) in [6.07, 6.45) is 2.03. The zero-order chi connectivity index (χ0) is 26.2. The second-order valence-electron chi connectivity index (χ2n) is 8.81. The summed E-state index contributed by atoms with van der Waals surface area (Å²) >= 11 is 5.90. The molecule has 1 unspecified atom stereocenters. The molecule has 192 valence electrons. The van der Waals surface area contributed by atoms with E-state index in [1.165, 1.54) is 4.90 Å². The summed E-state index contributed by atoms with van der Waals surface area (Å²) in [5.41, 5.74) is 7.60. The van der Waals surface area contributed by atoms with E-state index >= 15 is 0 Å². The predicted molar refractivity (Wildman–Crippen MR) is 143 cm³/mol. The average molecular weight is 521 g/mol. The summed E-state index contributed by atoms with van der Waals surface area (Å²) in [6, 6.07) is 20.2. The van der Waals surface area contributed by atoms with Crippen LogP contribution in [0.1, 0.15) is 35.2 Å². The van der Waals surface area contributed by atoms with Crippen molar-refractivity contribution < 1.29 is 19.1 Å². The summed E-state index contributed by atoms with van der Waals surface area (Å²) < 4.78 is 5.76. The van der Waals surface area contributed by atoms with Gasteiger partial charge in [0.25, 0.3) is 5.91 Å². The minimum absolute atomic E-state index is 0.0885. The number of carbonyl (C=O) groups excluding carboxylic acids is 3. The Balaban J connectivity index is 1.34. The quantitative estimate of drug-likeness (QED) is 0.409. The molecule has 0 saturated carbocycles. The Morgan fingerprint density at radius 3 is 2.41 bits per heavy atom. The number of halogens is 1. The van der Waals surface area contributed by atoms with E-state index in [4.69, 9.17) is 22.1 Å². The first-order valence-corrected chi connectivity index (χ1v) is 12.5. The van der Waals surface area contributed by atoms with E-state index in [0.29, 0.717) is 47.3 Å². The number of nitrogens with two attached hydrogens (primary N) is 1. The van der Waals surface area contributed by atoms with Gasteiger partial charge in [0.05, 0.1) is 6.54 Å². The van der Waals surface area contributed by atoms with Crippen LogP contribution in [-0.2, 0) is 16.1 Å². The molecule has 4 N–H and O–H groups in total. The lowest BCUT2D eigenvalue weighted by Crippen LogP contribution is -2.49. The Morgan fingerprint density at radius 2 is 1.70 bits per heavy atom. The lowest BCUT2D eigenvalue weighted by Gasteiger charge is -2.24. The highest BCUT2D eigenvalue weighted by molar-refractivity contribution is 6.30. The summed E-state index contributed by atoms with van der Waals surface area (Å²) in [7, 11) is 0. The van der Waals surface area contributed by atoms with Crippen molar-refractivity contribution in [3.05, 3.63) is 88.9 Å². The molecular formula is C28H29ClN4O4. The number of ether oxygens (including phenoxy) is 1. The smallest absolute Gasteiger partial charge is 0.251 e. The highest BCUT2D eigenvalue weighted by Crippen LogP contribution is 2.23. The van der Waals surface area contributed by atoms with Gasteiger partial charge in [0.2, 0.25) is 11.8 Å². The van der Waals surface area contributed by atoms with Crippen LogP contribution in [0, 0.1) is 0 Å². The second kappa shape index (κ2) is 12.4. The molecule has 1 heterocycles. The van der Waals surface area contributed by atoms with Crippen molar-refractivity contribution in [2.24, 2.45) is 5.73 Å². The molecule has 4 rings (SSSR count). The van der Waals surface area contributed by atoms with Gasteiger partial charge in [-0.25, -0.2) is 0 Å². The molecule has 0 aliphatic carbocycles. The molecule has 0 bridgehead atoms. The summed E-state index contributed by atoms with van der Waals surface area (Å²) in [4.78, 5) is 40.2. The van der Waals surface area contributed by atoms with Gasteiger partial charge in [-0.1, -0.05) is 23.7 Å². The number of amides is 3. The van der Waals surface area contributed by atoms with Gasteiger partial charge in [-0.2, -0.15) is 0 Å². The molecule has 8 nitrogen and oxygen atoms in total. The van der Waals surface area contributed by atoms with Crippen LogP contribution in [0.25, 0.3) is 0 Å². The lowest BCUT2D eigenvalue weighted by molar-refractivity contribution is -0.135. The van der Waals surface area contributed by atoms with Gasteiger partial charge in [0.15, 0.2) is 0 Å². The standard InChI is InChI=1S/C28H29ClN4O4/c29-21-9-13-24(14-10-21)37-23-11-7-20(8-12-23)27(35)32-25-6-1-2-15-33(28(25)36)18-26(34)31-22-5-3-4-19(16-22)17-30/h3-5,7-14,16,25H,1-2,6,15,17-18,30H2,(H,31,34)(H,32,35). The monoisotopic (exact) mass is 520 g/mol. The number of likely N-dealkylation sites (tertiary alicyclic amines) is 1. The highest BCUT2D eigenvalue weighted by atomic mass is 35.5. The van der Waals surface area contributed by atoms with E-state index < -0.39 is 6.04 Å². The van der Waals surface area contributed by atoms with E-state index in [1.54, 1.807) is 60.7 Å². The largest absolute Gasteiger partial charge is 0.457 e. The van der Waals surface area contributed by atoms with Crippen LogP contribution in [0.15, 0.2) is 72.8 Å². The Hall–Kier alpha value is -3.88. The maximum Gasteiger partial charge on any atom is 0.251 e. The van der Waals surface area contributed by atoms with Crippen LogP contribution in [0.5, 0.6) is 11.5 Å². The molecule has 3 aromatic carbocycles. The first kappa shape index (κ1) is 26.2. The zero-order valence-corrected chi connectivity index (χ0v) is 21.0. The maximum absolute atomic E-state index is 13.2. The molecule has 9 heteroatoms. The molecule has 37 heavy (non-hydrogen) atoms. The average Bonchev–Trinajstić information content (AvgIpc) is 3.07. The number of hydrogen-bond donors (Lipinski definition) is 3. The number of anilines is 1. The number of nitrogens with one attached hydrogen (secondary N) is 2. The molecule has 3 amide bonds. The fourth-order valence-corrected chi connectivity index (χ4v) is 4.23. The third kappa shape index (κ3) is 7.31. The summed E-state index contributed by atoms with van der Waals surface area (Å²) in [5.74, 6) is 0.270. The normalized spacial score (nSPS) is 15.6. The fourth-order valence-electron chi connectivity index (χ4n) is 4.10. The molecule has 1 aliphatic heterocycles. The Labute approximate surface area is 220 Å². The molecule has 0 radical (unpaired) electrons. The van der Waals surface area contributed by atoms with E-state index in [1.807, 2.05) is 12.1 Å². The zero-order valence-electron chi connectivity index (χ0n) is 20.3. The first-order valence-electron chi connectivity index (χ1n) is 12.1. The minimum Gasteiger partial charge on any atom is -0.457 e. The molecule has 3 aromatic rings. The number of rotatable bonds is 8. The second-order valence-corrected chi connectivity index (χ2v) is 9.25. The van der Waals surface area contributed by atoms with Crippen molar-refractivity contribution in [3.8, 4) is 11.5 Å². The van der Waals surface area contributed by atoms with Gasteiger partial charge in [0, 0.05) is 29.4 Å². The fraction of sp³-hybridized carbons (Fsp3) is 0.250. The van der Waals surface area contributed by atoms with E-state index in [0.717, 1.165) is 18.4 Å². The molecule has 0 aromatic heterocycles. The van der Waals surface area contributed by atoms with Crippen LogP contribution in [-0.4, -0.2) is 41.8 Å². The number of hydrogen-bond acceptors (Lipinski definition) is 5. The Bertz CT molecular complexity index is 1250. The van der Waals surface area contributed by atoms with Crippen LogP contribution in [0.2, 0.25) is 5.02 Å². The highest BCUT2D eigenvalue weighted by Gasteiger charge is 2.29. The minimum atomic E-state index is -0.701. The van der Waals surface area contributed by atoms with E-state index in [2.05, 4.69) is 10.6 Å².